The quantitative estimate of drug-likeness (QED) is 0.504. The second-order valence-electron chi connectivity index (χ2n) is 10.8. The molecule has 1 aliphatic heterocycles. The summed E-state index contributed by atoms with van der Waals surface area (Å²) in [5, 5.41) is 10.5. The lowest BCUT2D eigenvalue weighted by Crippen LogP contribution is -2.53. The molecule has 0 radical (unpaired) electrons. The zero-order valence-corrected chi connectivity index (χ0v) is 22.3. The lowest BCUT2D eigenvalue weighted by molar-refractivity contribution is -0.199. The van der Waals surface area contributed by atoms with E-state index < -0.39 is 75.9 Å². The first-order valence-corrected chi connectivity index (χ1v) is 14.3. The lowest BCUT2D eigenvalue weighted by Gasteiger charge is -2.29. The zero-order chi connectivity index (χ0) is 29.1. The number of amides is 2. The monoisotopic (exact) mass is 573 g/mol. The highest BCUT2D eigenvalue weighted by atomic mass is 32.2. The van der Waals surface area contributed by atoms with E-state index in [0.717, 1.165) is 4.90 Å². The number of likely N-dealkylation sites (tertiary alicyclic amines) is 1. The van der Waals surface area contributed by atoms with Gasteiger partial charge in [0.2, 0.25) is 11.8 Å². The molecule has 1 saturated heterocycles. The molecule has 0 spiro atoms. The number of carbonyl (C=O) groups is 3. The number of nitriles is 1. The molecule has 2 atom stereocenters. The van der Waals surface area contributed by atoms with Gasteiger partial charge in [0.15, 0.2) is 16.1 Å². The summed E-state index contributed by atoms with van der Waals surface area (Å²) in [5.74, 6) is -2.14. The molecular formula is C28H26F3N3O5S. The number of nitrogens with one attached hydrogen (secondary N) is 1. The van der Waals surface area contributed by atoms with Gasteiger partial charge in [-0.3, -0.25) is 14.4 Å². The molecule has 3 fully saturated rings. The number of aldehydes is 1. The van der Waals surface area contributed by atoms with E-state index in [1.54, 1.807) is 37.3 Å². The maximum atomic E-state index is 13.8. The van der Waals surface area contributed by atoms with Gasteiger partial charge in [0.1, 0.15) is 17.0 Å². The Morgan fingerprint density at radius 3 is 2.35 bits per heavy atom. The third kappa shape index (κ3) is 4.56. The Morgan fingerprint density at radius 2 is 1.80 bits per heavy atom. The number of carbonyl (C=O) groups excluding carboxylic acids is 3. The highest BCUT2D eigenvalue weighted by molar-refractivity contribution is 7.92. The van der Waals surface area contributed by atoms with Crippen molar-refractivity contribution in [3.8, 4) is 17.2 Å². The summed E-state index contributed by atoms with van der Waals surface area (Å²) >= 11 is 0. The molecule has 1 heterocycles. The summed E-state index contributed by atoms with van der Waals surface area (Å²) < 4.78 is 69.0. The van der Waals surface area contributed by atoms with Crippen LogP contribution in [0.15, 0.2) is 47.4 Å². The van der Waals surface area contributed by atoms with Crippen molar-refractivity contribution in [2.45, 2.75) is 66.9 Å². The van der Waals surface area contributed by atoms with Crippen LogP contribution in [0.5, 0.6) is 0 Å². The molecule has 2 amide bonds. The average Bonchev–Trinajstić information content (AvgIpc) is 3.84. The molecular weight excluding hydrogens is 547 g/mol. The highest BCUT2D eigenvalue weighted by Gasteiger charge is 2.70. The van der Waals surface area contributed by atoms with Crippen LogP contribution in [0.25, 0.3) is 11.1 Å². The second-order valence-corrected chi connectivity index (χ2v) is 13.0. The third-order valence-electron chi connectivity index (χ3n) is 8.17. The van der Waals surface area contributed by atoms with Crippen LogP contribution in [0.2, 0.25) is 0 Å². The summed E-state index contributed by atoms with van der Waals surface area (Å²) in [6.45, 7) is 0.986. The SMILES string of the molecule is Cc1cc(-c2ccccc2C=O)ccc1S(=O)(=O)[C@@H]1C[C@@H](C(=O)NC2(C#N)CC2)N(C(=O)C2(C(F)(F)F)CC2)C1. The van der Waals surface area contributed by atoms with E-state index in [4.69, 9.17) is 0 Å². The van der Waals surface area contributed by atoms with Crippen LogP contribution in [0, 0.1) is 23.7 Å². The van der Waals surface area contributed by atoms with Crippen molar-refractivity contribution in [2.75, 3.05) is 6.54 Å². The van der Waals surface area contributed by atoms with E-state index in [0.29, 0.717) is 41.4 Å². The largest absolute Gasteiger partial charge is 0.403 e. The van der Waals surface area contributed by atoms with Crippen LogP contribution in [-0.2, 0) is 19.4 Å². The first kappa shape index (κ1) is 27.8. The number of hydrogen-bond donors (Lipinski definition) is 1. The fourth-order valence-electron chi connectivity index (χ4n) is 5.40. The number of rotatable bonds is 7. The van der Waals surface area contributed by atoms with E-state index in [9.17, 15) is 41.2 Å². The first-order valence-electron chi connectivity index (χ1n) is 12.8. The molecule has 2 aromatic carbocycles. The summed E-state index contributed by atoms with van der Waals surface area (Å²) in [6, 6.07) is 11.8. The standard InChI is InChI=1S/C28H26F3N3O5S/c1-17-12-18(21-5-3-2-4-19(21)15-35)6-7-23(17)40(38,39)20-13-22(24(36)33-26(16-32)8-9-26)34(14-20)25(37)27(10-11-27)28(29,30)31/h2-7,12,15,20,22H,8-11,13-14H2,1H3,(H,33,36)/t20-,22+/m1/s1. The molecule has 2 aliphatic carbocycles. The number of benzene rings is 2. The molecule has 12 heteroatoms. The predicted molar refractivity (Wildman–Crippen MR) is 137 cm³/mol. The van der Waals surface area contributed by atoms with Crippen LogP contribution >= 0.6 is 0 Å². The van der Waals surface area contributed by atoms with Gasteiger partial charge < -0.3 is 10.2 Å². The van der Waals surface area contributed by atoms with Gasteiger partial charge in [-0.15, -0.1) is 0 Å². The van der Waals surface area contributed by atoms with Crippen LogP contribution in [0.3, 0.4) is 0 Å². The maximum absolute atomic E-state index is 13.8. The summed E-state index contributed by atoms with van der Waals surface area (Å²) in [7, 11) is -4.20. The van der Waals surface area contributed by atoms with Gasteiger partial charge in [-0.1, -0.05) is 36.4 Å². The normalized spacial score (nSPS) is 22.7. The number of sulfone groups is 1. The Kier molecular flexibility index (Phi) is 6.57. The summed E-state index contributed by atoms with van der Waals surface area (Å²) in [5.41, 5.74) is -1.80. The Balaban J connectivity index is 1.47. The van der Waals surface area contributed by atoms with Crippen molar-refractivity contribution in [3.05, 3.63) is 53.6 Å². The van der Waals surface area contributed by atoms with Gasteiger partial charge in [0.05, 0.1) is 16.2 Å². The highest BCUT2D eigenvalue weighted by Crippen LogP contribution is 2.59. The van der Waals surface area contributed by atoms with Gasteiger partial charge in [0, 0.05) is 12.1 Å². The van der Waals surface area contributed by atoms with Gasteiger partial charge in [-0.05, 0) is 61.8 Å². The molecule has 0 aromatic heterocycles. The number of hydrogen-bond acceptors (Lipinski definition) is 6. The number of aryl methyl sites for hydroxylation is 1. The van der Waals surface area contributed by atoms with Crippen molar-refractivity contribution in [3.63, 3.8) is 0 Å². The molecule has 3 aliphatic rings. The van der Waals surface area contributed by atoms with E-state index in [2.05, 4.69) is 5.32 Å². The van der Waals surface area contributed by atoms with Gasteiger partial charge in [-0.2, -0.15) is 18.4 Å². The minimum Gasteiger partial charge on any atom is -0.336 e. The van der Waals surface area contributed by atoms with E-state index in [1.807, 2.05) is 6.07 Å². The molecule has 0 unspecified atom stereocenters. The fraction of sp³-hybridized carbons (Fsp3) is 0.429. The number of halogens is 3. The Labute approximate surface area is 229 Å². The molecule has 8 nitrogen and oxygen atoms in total. The van der Waals surface area contributed by atoms with E-state index >= 15 is 0 Å². The fourth-order valence-corrected chi connectivity index (χ4v) is 7.32. The van der Waals surface area contributed by atoms with Gasteiger partial charge in [0.25, 0.3) is 0 Å². The number of nitrogens with zero attached hydrogens (tertiary/aromatic N) is 2. The van der Waals surface area contributed by atoms with Crippen LogP contribution in [0.4, 0.5) is 13.2 Å². The minimum atomic E-state index is -4.84. The summed E-state index contributed by atoms with van der Waals surface area (Å²) in [4.78, 5) is 38.5. The average molecular weight is 574 g/mol. The van der Waals surface area contributed by atoms with Crippen LogP contribution < -0.4 is 5.32 Å². The predicted octanol–water partition coefficient (Wildman–Crippen LogP) is 3.73. The molecule has 40 heavy (non-hydrogen) atoms. The van der Waals surface area contributed by atoms with Crippen molar-refractivity contribution in [2.24, 2.45) is 5.41 Å². The van der Waals surface area contributed by atoms with Crippen LogP contribution in [0.1, 0.15) is 48.0 Å². The maximum Gasteiger partial charge on any atom is 0.403 e. The molecule has 210 valence electrons. The molecule has 2 aromatic rings. The number of alkyl halides is 3. The zero-order valence-electron chi connectivity index (χ0n) is 21.5. The molecule has 2 saturated carbocycles. The topological polar surface area (TPSA) is 124 Å². The van der Waals surface area contributed by atoms with Crippen molar-refractivity contribution < 1.29 is 36.0 Å². The first-order chi connectivity index (χ1) is 18.8. The third-order valence-corrected chi connectivity index (χ3v) is 10.5. The molecule has 1 N–H and O–H groups in total. The van der Waals surface area contributed by atoms with Gasteiger partial charge in [-0.25, -0.2) is 8.42 Å². The molecule has 5 rings (SSSR count). The van der Waals surface area contributed by atoms with Crippen molar-refractivity contribution >= 4 is 27.9 Å². The Bertz CT molecular complexity index is 1560. The smallest absolute Gasteiger partial charge is 0.336 e. The second kappa shape index (κ2) is 9.44. The Hall–Kier alpha value is -3.72. The van der Waals surface area contributed by atoms with E-state index in [1.165, 1.54) is 12.1 Å². The summed E-state index contributed by atoms with van der Waals surface area (Å²) in [6.07, 6.45) is -4.67. The lowest BCUT2D eigenvalue weighted by atomic mass is 9.99. The van der Waals surface area contributed by atoms with Gasteiger partial charge >= 0.3 is 6.18 Å². The Morgan fingerprint density at radius 1 is 1.12 bits per heavy atom. The van der Waals surface area contributed by atoms with Crippen LogP contribution in [-0.4, -0.2) is 61.0 Å². The van der Waals surface area contributed by atoms with Crippen molar-refractivity contribution in [1.29, 1.82) is 5.26 Å². The molecule has 0 bridgehead atoms. The van der Waals surface area contributed by atoms with E-state index in [-0.39, 0.29) is 4.90 Å². The van der Waals surface area contributed by atoms with Crippen molar-refractivity contribution in [1.82, 2.24) is 10.2 Å². The minimum absolute atomic E-state index is 0.0778.